The van der Waals surface area contributed by atoms with Crippen molar-refractivity contribution in [2.75, 3.05) is 19.8 Å². The number of alkyl halides is 1. The van der Waals surface area contributed by atoms with Gasteiger partial charge in [0.1, 0.15) is 18.2 Å². The van der Waals surface area contributed by atoms with Crippen LogP contribution in [-0.2, 0) is 0 Å². The number of rotatable bonds is 10. The first kappa shape index (κ1) is 22.5. The van der Waals surface area contributed by atoms with Crippen LogP contribution >= 0.6 is 11.8 Å². The van der Waals surface area contributed by atoms with Crippen LogP contribution in [0.1, 0.15) is 39.0 Å². The monoisotopic (exact) mass is 432 g/mol. The predicted molar refractivity (Wildman–Crippen MR) is 124 cm³/mol. The van der Waals surface area contributed by atoms with Gasteiger partial charge in [0.05, 0.1) is 6.54 Å². The number of fused-ring (bicyclic) bond motifs is 1. The first-order valence-corrected chi connectivity index (χ1v) is 11.3. The smallest absolute Gasteiger partial charge is 0.141 e. The second kappa shape index (κ2) is 10.8. The van der Waals surface area contributed by atoms with Crippen molar-refractivity contribution < 1.29 is 8.87 Å². The number of nitrogens with one attached hydrogen (secondary N) is 1. The molecule has 0 aromatic rings. The Kier molecular flexibility index (Phi) is 8.08. The second-order valence-corrected chi connectivity index (χ2v) is 8.86. The summed E-state index contributed by atoms with van der Waals surface area (Å²) in [5.41, 5.74) is 2.86. The zero-order valence-corrected chi connectivity index (χ0v) is 18.4. The normalized spacial score (nSPS) is 22.5. The Morgan fingerprint density at radius 2 is 2.20 bits per heavy atom. The SMILES string of the molecule is C=C(CC1CCC1)NC1CC2=C(C(/C=C\CF)=N/F)CN=C(C(=C)S/C=C\C)N2C1. The third kappa shape index (κ3) is 5.31. The van der Waals surface area contributed by atoms with E-state index in [-0.39, 0.29) is 11.8 Å². The lowest BCUT2D eigenvalue weighted by atomic mass is 9.82. The fourth-order valence-corrected chi connectivity index (χ4v) is 4.65. The van der Waals surface area contributed by atoms with E-state index in [1.54, 1.807) is 0 Å². The minimum Gasteiger partial charge on any atom is -0.384 e. The highest BCUT2D eigenvalue weighted by Crippen LogP contribution is 2.35. The number of hydrogen-bond donors (Lipinski definition) is 1. The summed E-state index contributed by atoms with van der Waals surface area (Å²) >= 11 is 1.52. The summed E-state index contributed by atoms with van der Waals surface area (Å²) in [6.45, 7) is 10.7. The van der Waals surface area contributed by atoms with E-state index in [1.165, 1.54) is 43.2 Å². The van der Waals surface area contributed by atoms with Crippen LogP contribution in [0.3, 0.4) is 0 Å². The average Bonchev–Trinajstić information content (AvgIpc) is 3.12. The molecule has 7 heteroatoms. The molecule has 2 fully saturated rings. The quantitative estimate of drug-likeness (QED) is 0.453. The van der Waals surface area contributed by atoms with Crippen LogP contribution < -0.4 is 5.32 Å². The Morgan fingerprint density at radius 3 is 2.83 bits per heavy atom. The van der Waals surface area contributed by atoms with E-state index in [0.29, 0.717) is 25.1 Å². The Morgan fingerprint density at radius 1 is 1.40 bits per heavy atom. The summed E-state index contributed by atoms with van der Waals surface area (Å²) in [5.74, 6) is 1.55. The molecular weight excluding hydrogens is 402 g/mol. The molecule has 0 spiro atoms. The van der Waals surface area contributed by atoms with Crippen molar-refractivity contribution in [2.45, 2.75) is 45.1 Å². The zero-order chi connectivity index (χ0) is 21.5. The van der Waals surface area contributed by atoms with Crippen molar-refractivity contribution in [3.05, 3.63) is 58.7 Å². The van der Waals surface area contributed by atoms with Crippen LogP contribution in [0.2, 0.25) is 0 Å². The Balaban J connectivity index is 1.81. The molecule has 2 heterocycles. The molecule has 1 saturated heterocycles. The van der Waals surface area contributed by atoms with Crippen molar-refractivity contribution >= 4 is 23.3 Å². The summed E-state index contributed by atoms with van der Waals surface area (Å²) in [7, 11) is 0. The van der Waals surface area contributed by atoms with Gasteiger partial charge in [0, 0.05) is 40.9 Å². The second-order valence-electron chi connectivity index (χ2n) is 7.86. The lowest BCUT2D eigenvalue weighted by Crippen LogP contribution is -2.37. The van der Waals surface area contributed by atoms with Crippen molar-refractivity contribution in [1.29, 1.82) is 0 Å². The number of aliphatic imine (C=N–C) groups is 1. The van der Waals surface area contributed by atoms with Gasteiger partial charge in [0.25, 0.3) is 0 Å². The fourth-order valence-electron chi connectivity index (χ4n) is 4.07. The number of thioether (sulfide) groups is 1. The Bertz CT molecular complexity index is 821. The molecule has 162 valence electrons. The summed E-state index contributed by atoms with van der Waals surface area (Å²) in [4.78, 5) is 7.61. The number of amidine groups is 1. The van der Waals surface area contributed by atoms with Crippen LogP contribution in [-0.4, -0.2) is 42.3 Å². The fraction of sp³-hybridized carbons (Fsp3) is 0.478. The largest absolute Gasteiger partial charge is 0.384 e. The molecule has 1 N–H and O–H groups in total. The molecule has 0 radical (unpaired) electrons. The van der Waals surface area contributed by atoms with Gasteiger partial charge in [-0.15, -0.1) is 0 Å². The van der Waals surface area contributed by atoms with Crippen LogP contribution in [0.5, 0.6) is 0 Å². The average molecular weight is 433 g/mol. The van der Waals surface area contributed by atoms with Crippen molar-refractivity contribution in [3.63, 3.8) is 0 Å². The molecule has 0 bridgehead atoms. The first-order valence-electron chi connectivity index (χ1n) is 10.4. The van der Waals surface area contributed by atoms with E-state index < -0.39 is 6.67 Å². The molecule has 3 rings (SSSR count). The van der Waals surface area contributed by atoms with Gasteiger partial charge in [-0.1, -0.05) is 66.0 Å². The Hall–Kier alpha value is -2.15. The summed E-state index contributed by atoms with van der Waals surface area (Å²) in [6, 6.07) is 0.149. The lowest BCUT2D eigenvalue weighted by molar-refractivity contribution is 0.306. The van der Waals surface area contributed by atoms with Crippen LogP contribution in [0.4, 0.5) is 8.87 Å². The van der Waals surface area contributed by atoms with E-state index in [2.05, 4.69) is 33.6 Å². The van der Waals surface area contributed by atoms with Crippen LogP contribution in [0, 0.1) is 5.92 Å². The minimum atomic E-state index is -0.665. The standard InChI is InChI=1S/C23H30F2N4S/c1-4-11-30-17(3)23-26-14-20(21(28-25)9-6-10-24)22-13-19(15-29(22)23)27-16(2)12-18-7-5-8-18/h4,6,9,11,18-19,27H,2-3,5,7-8,10,12-15H2,1H3/b9-6-,11-4-,28-21+. The molecular formula is C23H30F2N4S. The van der Waals surface area contributed by atoms with Crippen molar-refractivity contribution in [3.8, 4) is 0 Å². The molecule has 3 aliphatic rings. The molecule has 0 amide bonds. The first-order chi connectivity index (χ1) is 14.6. The van der Waals surface area contributed by atoms with Gasteiger partial charge in [-0.25, -0.2) is 4.39 Å². The number of hydrogen-bond acceptors (Lipinski definition) is 5. The molecule has 4 nitrogen and oxygen atoms in total. The van der Waals surface area contributed by atoms with E-state index in [1.807, 2.05) is 18.4 Å². The minimum absolute atomic E-state index is 0.135. The lowest BCUT2D eigenvalue weighted by Gasteiger charge is -2.29. The topological polar surface area (TPSA) is 40.0 Å². The molecule has 0 aromatic heterocycles. The van der Waals surface area contributed by atoms with Gasteiger partial charge in [-0.2, -0.15) is 0 Å². The molecule has 1 saturated carbocycles. The van der Waals surface area contributed by atoms with E-state index in [4.69, 9.17) is 0 Å². The van der Waals surface area contributed by atoms with E-state index >= 15 is 0 Å². The maximum absolute atomic E-state index is 13.4. The molecule has 0 aromatic carbocycles. The van der Waals surface area contributed by atoms with Gasteiger partial charge >= 0.3 is 0 Å². The molecule has 1 aliphatic carbocycles. The zero-order valence-electron chi connectivity index (χ0n) is 17.5. The molecule has 1 atom stereocenters. The third-order valence-electron chi connectivity index (χ3n) is 5.69. The van der Waals surface area contributed by atoms with E-state index in [9.17, 15) is 8.87 Å². The number of nitrogens with zero attached hydrogens (tertiary/aromatic N) is 3. The van der Waals surface area contributed by atoms with Gasteiger partial charge < -0.3 is 10.2 Å². The van der Waals surface area contributed by atoms with Crippen molar-refractivity contribution in [1.82, 2.24) is 10.2 Å². The van der Waals surface area contributed by atoms with E-state index in [0.717, 1.165) is 34.5 Å². The highest BCUT2D eigenvalue weighted by molar-refractivity contribution is 8.06. The summed E-state index contributed by atoms with van der Waals surface area (Å²) in [5, 5.41) is 8.44. The predicted octanol–water partition coefficient (Wildman–Crippen LogP) is 5.65. The number of halogens is 2. The summed E-state index contributed by atoms with van der Waals surface area (Å²) in [6.07, 6.45) is 10.2. The van der Waals surface area contributed by atoms with Gasteiger partial charge in [0.15, 0.2) is 0 Å². The van der Waals surface area contributed by atoms with Gasteiger partial charge in [-0.05, 0) is 30.7 Å². The number of allylic oxidation sites excluding steroid dienone is 4. The summed E-state index contributed by atoms with van der Waals surface area (Å²) < 4.78 is 26.0. The maximum atomic E-state index is 13.4. The molecule has 30 heavy (non-hydrogen) atoms. The van der Waals surface area contributed by atoms with Gasteiger partial charge in [0.2, 0.25) is 0 Å². The maximum Gasteiger partial charge on any atom is 0.141 e. The van der Waals surface area contributed by atoms with Crippen molar-refractivity contribution in [2.24, 2.45) is 16.1 Å². The molecule has 2 aliphatic heterocycles. The Labute approximate surface area is 182 Å². The van der Waals surface area contributed by atoms with Crippen LogP contribution in [0.15, 0.2) is 68.9 Å². The highest BCUT2D eigenvalue weighted by Gasteiger charge is 2.36. The molecule has 1 unspecified atom stereocenters. The van der Waals surface area contributed by atoms with Gasteiger partial charge in [-0.3, -0.25) is 4.99 Å². The highest BCUT2D eigenvalue weighted by atomic mass is 32.2. The third-order valence-corrected chi connectivity index (χ3v) is 6.56. The van der Waals surface area contributed by atoms with Crippen LogP contribution in [0.25, 0.3) is 0 Å².